The molecule has 0 radical (unpaired) electrons. The molecule has 1 heterocycles. The highest BCUT2D eigenvalue weighted by atomic mass is 35.5. The van der Waals surface area contributed by atoms with Crippen LogP contribution in [0.15, 0.2) is 0 Å². The van der Waals surface area contributed by atoms with Crippen LogP contribution in [0.1, 0.15) is 20.8 Å². The van der Waals surface area contributed by atoms with E-state index in [9.17, 15) is 9.18 Å². The van der Waals surface area contributed by atoms with Gasteiger partial charge in [-0.3, -0.25) is 0 Å². The van der Waals surface area contributed by atoms with E-state index >= 15 is 0 Å². The highest BCUT2D eigenvalue weighted by molar-refractivity contribution is 6.32. The molecule has 0 aliphatic carbocycles. The van der Waals surface area contributed by atoms with Crippen molar-refractivity contribution in [2.75, 3.05) is 13.7 Å². The molecule has 0 aromatic heterocycles. The zero-order valence-corrected chi connectivity index (χ0v) is 10.5. The molecule has 16 heavy (non-hydrogen) atoms. The quantitative estimate of drug-likeness (QED) is 0.570. The SMILES string of the molecule is COC(=O)[C@@](F)(Cl)[C@H](C)[C@H]1COC(C)(C)O1. The molecule has 1 rings (SSSR count). The lowest BCUT2D eigenvalue weighted by atomic mass is 9.99. The van der Waals surface area contributed by atoms with Crippen LogP contribution in [0, 0.1) is 5.92 Å². The van der Waals surface area contributed by atoms with Gasteiger partial charge in [0, 0.05) is 5.92 Å². The van der Waals surface area contributed by atoms with Gasteiger partial charge in [-0.15, -0.1) is 0 Å². The van der Waals surface area contributed by atoms with E-state index in [1.807, 2.05) is 0 Å². The average Bonchev–Trinajstić information content (AvgIpc) is 2.56. The third kappa shape index (κ3) is 2.64. The molecule has 0 saturated carbocycles. The fourth-order valence-electron chi connectivity index (χ4n) is 1.52. The standard InChI is InChI=1S/C10H16ClFO4/c1-6(10(11,12)8(13)14-4)7-5-15-9(2,3)16-7/h6-7H,5H2,1-4H3/t6-,7-,10-/m1/s1. The van der Waals surface area contributed by atoms with Gasteiger partial charge < -0.3 is 14.2 Å². The second kappa shape index (κ2) is 4.47. The van der Waals surface area contributed by atoms with Gasteiger partial charge in [0.2, 0.25) is 0 Å². The summed E-state index contributed by atoms with van der Waals surface area (Å²) >= 11 is 5.53. The first-order valence-corrected chi connectivity index (χ1v) is 5.36. The maximum absolute atomic E-state index is 13.9. The van der Waals surface area contributed by atoms with Crippen LogP contribution in [0.25, 0.3) is 0 Å². The van der Waals surface area contributed by atoms with Crippen LogP contribution in [0.4, 0.5) is 4.39 Å². The third-order valence-corrected chi connectivity index (χ3v) is 3.12. The first kappa shape index (κ1) is 13.7. The number of hydrogen-bond donors (Lipinski definition) is 0. The van der Waals surface area contributed by atoms with Crippen LogP contribution in [0.2, 0.25) is 0 Å². The van der Waals surface area contributed by atoms with Crippen molar-refractivity contribution in [1.29, 1.82) is 0 Å². The molecule has 0 amide bonds. The normalized spacial score (nSPS) is 29.5. The second-order valence-corrected chi connectivity index (χ2v) is 4.82. The summed E-state index contributed by atoms with van der Waals surface area (Å²) < 4.78 is 29.0. The van der Waals surface area contributed by atoms with Gasteiger partial charge in [-0.25, -0.2) is 9.18 Å². The van der Waals surface area contributed by atoms with Crippen molar-refractivity contribution in [1.82, 2.24) is 0 Å². The van der Waals surface area contributed by atoms with Crippen molar-refractivity contribution in [3.05, 3.63) is 0 Å². The Kier molecular flexibility index (Phi) is 3.82. The van der Waals surface area contributed by atoms with E-state index < -0.39 is 28.9 Å². The molecule has 0 unspecified atom stereocenters. The van der Waals surface area contributed by atoms with Crippen molar-refractivity contribution in [2.24, 2.45) is 5.92 Å². The topological polar surface area (TPSA) is 44.8 Å². The Labute approximate surface area is 99.0 Å². The number of methoxy groups -OCH3 is 1. The number of carbonyl (C=O) groups is 1. The fraction of sp³-hybridized carbons (Fsp3) is 0.900. The van der Waals surface area contributed by atoms with Crippen molar-refractivity contribution in [2.45, 2.75) is 37.8 Å². The van der Waals surface area contributed by atoms with Gasteiger partial charge in [-0.05, 0) is 13.8 Å². The highest BCUT2D eigenvalue weighted by Crippen LogP contribution is 2.37. The Morgan fingerprint density at radius 1 is 1.69 bits per heavy atom. The fourth-order valence-corrected chi connectivity index (χ4v) is 1.73. The maximum atomic E-state index is 13.9. The zero-order valence-electron chi connectivity index (χ0n) is 9.75. The number of halogens is 2. The van der Waals surface area contributed by atoms with Crippen LogP contribution in [-0.2, 0) is 19.0 Å². The van der Waals surface area contributed by atoms with Crippen LogP contribution in [-0.4, -0.2) is 36.7 Å². The molecule has 1 saturated heterocycles. The van der Waals surface area contributed by atoms with E-state index in [1.165, 1.54) is 6.92 Å². The summed E-state index contributed by atoms with van der Waals surface area (Å²) in [7, 11) is 1.09. The largest absolute Gasteiger partial charge is 0.466 e. The molecule has 1 aliphatic rings. The molecule has 1 aliphatic heterocycles. The van der Waals surface area contributed by atoms with Crippen molar-refractivity contribution in [3.8, 4) is 0 Å². The predicted molar refractivity (Wildman–Crippen MR) is 55.8 cm³/mol. The first-order valence-electron chi connectivity index (χ1n) is 4.98. The lowest BCUT2D eigenvalue weighted by Gasteiger charge is -2.27. The van der Waals surface area contributed by atoms with Crippen molar-refractivity contribution in [3.63, 3.8) is 0 Å². The molecule has 0 N–H and O–H groups in total. The average molecular weight is 255 g/mol. The van der Waals surface area contributed by atoms with Crippen LogP contribution in [0.3, 0.4) is 0 Å². The van der Waals surface area contributed by atoms with Gasteiger partial charge in [0.15, 0.2) is 5.79 Å². The van der Waals surface area contributed by atoms with Crippen LogP contribution >= 0.6 is 11.6 Å². The summed E-state index contributed by atoms with van der Waals surface area (Å²) in [4.78, 5) is 11.2. The summed E-state index contributed by atoms with van der Waals surface area (Å²) in [6, 6.07) is 0. The molecule has 94 valence electrons. The smallest absolute Gasteiger partial charge is 0.359 e. The van der Waals surface area contributed by atoms with Crippen LogP contribution < -0.4 is 0 Å². The lowest BCUT2D eigenvalue weighted by Crippen LogP contribution is -2.43. The predicted octanol–water partition coefficient (Wildman–Crippen LogP) is 1.85. The highest BCUT2D eigenvalue weighted by Gasteiger charge is 2.50. The first-order chi connectivity index (χ1) is 7.20. The summed E-state index contributed by atoms with van der Waals surface area (Å²) in [5, 5.41) is -2.59. The molecule has 3 atom stereocenters. The molecule has 4 nitrogen and oxygen atoms in total. The van der Waals surface area contributed by atoms with E-state index in [0.29, 0.717) is 0 Å². The summed E-state index contributed by atoms with van der Waals surface area (Å²) in [6.45, 7) is 5.11. The Morgan fingerprint density at radius 2 is 2.25 bits per heavy atom. The number of rotatable bonds is 3. The number of ether oxygens (including phenoxy) is 3. The molecule has 6 heteroatoms. The van der Waals surface area contributed by atoms with Crippen LogP contribution in [0.5, 0.6) is 0 Å². The second-order valence-electron chi connectivity index (χ2n) is 4.27. The summed E-state index contributed by atoms with van der Waals surface area (Å²) in [5.41, 5.74) is 0. The van der Waals surface area contributed by atoms with E-state index in [4.69, 9.17) is 21.1 Å². The lowest BCUT2D eigenvalue weighted by molar-refractivity contribution is -0.163. The molecular formula is C10H16ClFO4. The van der Waals surface area contributed by atoms with Gasteiger partial charge in [0.25, 0.3) is 5.13 Å². The van der Waals surface area contributed by atoms with Gasteiger partial charge >= 0.3 is 5.97 Å². The van der Waals surface area contributed by atoms with E-state index in [0.717, 1.165) is 7.11 Å². The zero-order chi connectivity index (χ0) is 12.6. The number of carbonyl (C=O) groups excluding carboxylic acids is 1. The molecule has 0 aromatic carbocycles. The van der Waals surface area contributed by atoms with Gasteiger partial charge in [0.1, 0.15) is 0 Å². The monoisotopic (exact) mass is 254 g/mol. The molecule has 0 aromatic rings. The van der Waals surface area contributed by atoms with E-state index in [2.05, 4.69) is 4.74 Å². The molecule has 0 spiro atoms. The van der Waals surface area contributed by atoms with Gasteiger partial charge in [0.05, 0.1) is 19.8 Å². The van der Waals surface area contributed by atoms with Crippen molar-refractivity contribution >= 4 is 17.6 Å². The number of hydrogen-bond acceptors (Lipinski definition) is 4. The number of esters is 1. The minimum atomic E-state index is -2.59. The number of alkyl halides is 2. The molecule has 1 fully saturated rings. The minimum absolute atomic E-state index is 0.198. The van der Waals surface area contributed by atoms with Gasteiger partial charge in [-0.2, -0.15) is 0 Å². The maximum Gasteiger partial charge on any atom is 0.359 e. The van der Waals surface area contributed by atoms with Gasteiger partial charge in [-0.1, -0.05) is 18.5 Å². The molecule has 0 bridgehead atoms. The Morgan fingerprint density at radius 3 is 2.62 bits per heavy atom. The van der Waals surface area contributed by atoms with E-state index in [1.54, 1.807) is 13.8 Å². The Balaban J connectivity index is 2.71. The van der Waals surface area contributed by atoms with Crippen molar-refractivity contribution < 1.29 is 23.4 Å². The third-order valence-electron chi connectivity index (χ3n) is 2.62. The molecular weight excluding hydrogens is 239 g/mol. The Bertz CT molecular complexity index is 280. The summed E-state index contributed by atoms with van der Waals surface area (Å²) in [6.07, 6.45) is -0.573. The minimum Gasteiger partial charge on any atom is -0.466 e. The van der Waals surface area contributed by atoms with E-state index in [-0.39, 0.29) is 6.61 Å². The Hall–Kier alpha value is -0.390. The summed E-state index contributed by atoms with van der Waals surface area (Å²) in [5.74, 6) is -2.75.